The second-order valence-corrected chi connectivity index (χ2v) is 10.2. The van der Waals surface area contributed by atoms with Crippen LogP contribution in [0.2, 0.25) is 0 Å². The molecule has 5 nitrogen and oxygen atoms in total. The van der Waals surface area contributed by atoms with Gasteiger partial charge in [0, 0.05) is 38.5 Å². The first-order valence-corrected chi connectivity index (χ1v) is 11.4. The van der Waals surface area contributed by atoms with E-state index in [0.717, 1.165) is 11.1 Å². The Kier molecular flexibility index (Phi) is 5.32. The van der Waals surface area contributed by atoms with Crippen molar-refractivity contribution in [2.45, 2.75) is 41.6 Å². The van der Waals surface area contributed by atoms with Crippen LogP contribution in [0.15, 0.2) is 77.3 Å². The molecule has 2 aliphatic rings. The van der Waals surface area contributed by atoms with Gasteiger partial charge in [-0.3, -0.25) is 9.69 Å². The van der Waals surface area contributed by atoms with E-state index in [-0.39, 0.29) is 11.8 Å². The maximum atomic E-state index is 13.4. The second-order valence-electron chi connectivity index (χ2n) is 8.06. The third-order valence-electron chi connectivity index (χ3n) is 5.85. The number of fused-ring (bicyclic) bond motifs is 2. The Balaban J connectivity index is 1.72. The van der Waals surface area contributed by atoms with Crippen molar-refractivity contribution >= 4 is 15.6 Å². The number of hydrogen-bond acceptors (Lipinski definition) is 5. The Morgan fingerprint density at radius 3 is 2.28 bits per heavy atom. The highest BCUT2D eigenvalue weighted by Gasteiger charge is 2.54. The monoisotopic (exact) mass is 410 g/mol. The molecule has 0 aliphatic carbocycles. The van der Waals surface area contributed by atoms with Gasteiger partial charge < -0.3 is 4.90 Å². The maximum Gasteiger partial charge on any atom is 0.182 e. The van der Waals surface area contributed by atoms with Gasteiger partial charge in [-0.25, -0.2) is 8.42 Å². The van der Waals surface area contributed by atoms with Crippen molar-refractivity contribution in [1.29, 1.82) is 0 Å². The lowest BCUT2D eigenvalue weighted by Gasteiger charge is -2.36. The van der Waals surface area contributed by atoms with Crippen LogP contribution < -0.4 is 0 Å². The lowest BCUT2D eigenvalue weighted by molar-refractivity contribution is -0.122. The van der Waals surface area contributed by atoms with Gasteiger partial charge in [0.1, 0.15) is 0 Å². The fourth-order valence-electron chi connectivity index (χ4n) is 4.57. The summed E-state index contributed by atoms with van der Waals surface area (Å²) in [7, 11) is 0.243. The minimum absolute atomic E-state index is 0.0524. The summed E-state index contributed by atoms with van der Waals surface area (Å²) in [5, 5.41) is -0.587. The van der Waals surface area contributed by atoms with Crippen LogP contribution in [-0.2, 0) is 21.2 Å². The SMILES string of the molecule is CN(C)/C=C1/CC2C(S(=O)(=O)c3ccccc3)CC(C1=O)N2Cc1ccccc1. The van der Waals surface area contributed by atoms with Crippen LogP contribution in [0.1, 0.15) is 18.4 Å². The van der Waals surface area contributed by atoms with Gasteiger partial charge in [0.2, 0.25) is 0 Å². The first-order valence-electron chi connectivity index (χ1n) is 9.88. The van der Waals surface area contributed by atoms with Crippen molar-refractivity contribution in [3.63, 3.8) is 0 Å². The van der Waals surface area contributed by atoms with Crippen LogP contribution in [0, 0.1) is 0 Å². The van der Waals surface area contributed by atoms with Crippen LogP contribution in [-0.4, -0.2) is 55.4 Å². The summed E-state index contributed by atoms with van der Waals surface area (Å²) < 4.78 is 26.9. The van der Waals surface area contributed by atoms with E-state index < -0.39 is 21.1 Å². The fourth-order valence-corrected chi connectivity index (χ4v) is 6.56. The molecule has 3 unspecified atom stereocenters. The largest absolute Gasteiger partial charge is 0.383 e. The highest BCUT2D eigenvalue weighted by atomic mass is 32.2. The first-order chi connectivity index (χ1) is 13.9. The summed E-state index contributed by atoms with van der Waals surface area (Å²) >= 11 is 0. The Morgan fingerprint density at radius 2 is 1.66 bits per heavy atom. The normalized spacial score (nSPS) is 26.1. The van der Waals surface area contributed by atoms with E-state index in [1.165, 1.54) is 0 Å². The Hall–Kier alpha value is -2.44. The molecule has 29 heavy (non-hydrogen) atoms. The number of sulfone groups is 1. The first kappa shape index (κ1) is 19.9. The van der Waals surface area contributed by atoms with Gasteiger partial charge in [0.25, 0.3) is 0 Å². The van der Waals surface area contributed by atoms with Crippen LogP contribution in [0.4, 0.5) is 0 Å². The molecular weight excluding hydrogens is 384 g/mol. The standard InChI is InChI=1S/C23H26N2O3S/c1-24(2)16-18-13-20-22(29(27,28)19-11-7-4-8-12-19)14-21(23(18)26)25(20)15-17-9-5-3-6-10-17/h3-12,16,20-22H,13-15H2,1-2H3/b18-16-. The lowest BCUT2D eigenvalue weighted by Crippen LogP contribution is -2.48. The average Bonchev–Trinajstić information content (AvgIpc) is 2.99. The summed E-state index contributed by atoms with van der Waals surface area (Å²) in [5.41, 5.74) is 1.81. The molecule has 2 aliphatic heterocycles. The summed E-state index contributed by atoms with van der Waals surface area (Å²) in [5.74, 6) is 0.0524. The zero-order chi connectivity index (χ0) is 20.6. The third-order valence-corrected chi connectivity index (χ3v) is 8.08. The van der Waals surface area contributed by atoms with Crippen LogP contribution >= 0.6 is 0 Å². The van der Waals surface area contributed by atoms with Crippen molar-refractivity contribution in [3.8, 4) is 0 Å². The summed E-state index contributed by atoms with van der Waals surface area (Å²) in [6.07, 6.45) is 2.65. The quantitative estimate of drug-likeness (QED) is 0.710. The molecule has 2 heterocycles. The Morgan fingerprint density at radius 1 is 1.03 bits per heavy atom. The van der Waals surface area contributed by atoms with E-state index in [0.29, 0.717) is 24.3 Å². The Labute approximate surface area is 172 Å². The fraction of sp³-hybridized carbons (Fsp3) is 0.348. The van der Waals surface area contributed by atoms with Crippen LogP contribution in [0.5, 0.6) is 0 Å². The molecule has 0 saturated carbocycles. The van der Waals surface area contributed by atoms with Gasteiger partial charge in [-0.2, -0.15) is 0 Å². The highest BCUT2D eigenvalue weighted by molar-refractivity contribution is 7.92. The van der Waals surface area contributed by atoms with E-state index in [4.69, 9.17) is 0 Å². The van der Waals surface area contributed by atoms with Crippen LogP contribution in [0.25, 0.3) is 0 Å². The molecule has 152 valence electrons. The van der Waals surface area contributed by atoms with Gasteiger partial charge in [-0.05, 0) is 30.5 Å². The van der Waals surface area contributed by atoms with E-state index in [9.17, 15) is 13.2 Å². The van der Waals surface area contributed by atoms with Crippen molar-refractivity contribution in [3.05, 3.63) is 78.0 Å². The van der Waals surface area contributed by atoms with Gasteiger partial charge in [-0.1, -0.05) is 48.5 Å². The summed E-state index contributed by atoms with van der Waals surface area (Å²) in [4.78, 5) is 17.5. The number of rotatable bonds is 5. The average molecular weight is 411 g/mol. The molecule has 0 aromatic heterocycles. The molecule has 0 spiro atoms. The zero-order valence-electron chi connectivity index (χ0n) is 16.7. The number of piperidine rings is 1. The van der Waals surface area contributed by atoms with Crippen molar-refractivity contribution in [2.75, 3.05) is 14.1 Å². The topological polar surface area (TPSA) is 57.7 Å². The number of carbonyl (C=O) groups is 1. The molecule has 2 bridgehead atoms. The van der Waals surface area contributed by atoms with E-state index >= 15 is 0 Å². The smallest absolute Gasteiger partial charge is 0.182 e. The highest BCUT2D eigenvalue weighted by Crippen LogP contribution is 2.42. The number of ketones is 1. The molecule has 0 radical (unpaired) electrons. The van der Waals surface area contributed by atoms with Gasteiger partial charge in [-0.15, -0.1) is 0 Å². The Bertz CT molecular complexity index is 1020. The molecule has 6 heteroatoms. The van der Waals surface area contributed by atoms with Gasteiger partial charge in [0.15, 0.2) is 15.6 Å². The molecule has 2 saturated heterocycles. The van der Waals surface area contributed by atoms with E-state index in [1.54, 1.807) is 24.3 Å². The minimum atomic E-state index is -3.53. The predicted molar refractivity (Wildman–Crippen MR) is 113 cm³/mol. The molecule has 0 amide bonds. The second kappa shape index (κ2) is 7.76. The number of carbonyl (C=O) groups excluding carboxylic acids is 1. The van der Waals surface area contributed by atoms with Gasteiger partial charge >= 0.3 is 0 Å². The maximum absolute atomic E-state index is 13.4. The summed E-state index contributed by atoms with van der Waals surface area (Å²) in [6.45, 7) is 0.581. The van der Waals surface area contributed by atoms with Crippen molar-refractivity contribution < 1.29 is 13.2 Å². The van der Waals surface area contributed by atoms with E-state index in [2.05, 4.69) is 4.90 Å². The molecular formula is C23H26N2O3S. The van der Waals surface area contributed by atoms with Crippen molar-refractivity contribution in [2.24, 2.45) is 0 Å². The minimum Gasteiger partial charge on any atom is -0.383 e. The van der Waals surface area contributed by atoms with Gasteiger partial charge in [0.05, 0.1) is 16.2 Å². The predicted octanol–water partition coefficient (Wildman–Crippen LogP) is 2.89. The molecule has 3 atom stereocenters. The molecule has 0 N–H and O–H groups in total. The molecule has 4 rings (SSSR count). The third kappa shape index (κ3) is 3.74. The number of hydrogen-bond donors (Lipinski definition) is 0. The zero-order valence-corrected chi connectivity index (χ0v) is 17.5. The van der Waals surface area contributed by atoms with Crippen molar-refractivity contribution in [1.82, 2.24) is 9.80 Å². The molecule has 2 aromatic rings. The molecule has 2 aromatic carbocycles. The summed E-state index contributed by atoms with van der Waals surface area (Å²) in [6, 6.07) is 17.9. The van der Waals surface area contributed by atoms with Crippen LogP contribution in [0.3, 0.4) is 0 Å². The number of nitrogens with zero attached hydrogens (tertiary/aromatic N) is 2. The number of benzene rings is 2. The number of Topliss-reactive ketones (excluding diaryl/α,β-unsaturated/α-hetero) is 1. The lowest BCUT2D eigenvalue weighted by atomic mass is 9.95. The molecule has 2 fully saturated rings. The van der Waals surface area contributed by atoms with E-state index in [1.807, 2.05) is 61.6 Å².